The summed E-state index contributed by atoms with van der Waals surface area (Å²) in [5.74, 6) is 0.312. The highest BCUT2D eigenvalue weighted by atomic mass is 19.1. The van der Waals surface area contributed by atoms with E-state index in [0.717, 1.165) is 19.4 Å². The lowest BCUT2D eigenvalue weighted by Crippen LogP contribution is -2.50. The highest BCUT2D eigenvalue weighted by molar-refractivity contribution is 5.80. The topological polar surface area (TPSA) is 73.9 Å². The molecule has 2 aliphatic rings. The maximum absolute atomic E-state index is 13.2. The Morgan fingerprint density at radius 3 is 2.93 bits per heavy atom. The van der Waals surface area contributed by atoms with Gasteiger partial charge in [0.1, 0.15) is 11.6 Å². The number of ether oxygens (including phenoxy) is 1. The van der Waals surface area contributed by atoms with Crippen LogP contribution in [-0.4, -0.2) is 68.0 Å². The summed E-state index contributed by atoms with van der Waals surface area (Å²) in [7, 11) is 3.54. The van der Waals surface area contributed by atoms with Gasteiger partial charge in [0.2, 0.25) is 11.8 Å². The maximum atomic E-state index is 13.2. The predicted molar refractivity (Wildman–Crippen MR) is 103 cm³/mol. The number of carbonyl (C=O) groups excluding carboxylic acids is 2. The zero-order valence-corrected chi connectivity index (χ0v) is 16.5. The first kappa shape index (κ1) is 20.5. The number of likely N-dealkylation sites (tertiary alicyclic amines) is 1. The standard InChI is InChI=1S/C20H29FN4O3/c1-24(2)20(27)17-12-22-23-19(17)14-5-4-9-25(13-14)18(26)8-10-28-16-7-3-6-15(21)11-16/h3,6-7,11,14,17,19,22-23H,4-5,8-10,12-13H2,1-2H3. The lowest BCUT2D eigenvalue weighted by atomic mass is 9.83. The number of amides is 2. The van der Waals surface area contributed by atoms with E-state index in [1.165, 1.54) is 12.1 Å². The van der Waals surface area contributed by atoms with Gasteiger partial charge in [0.15, 0.2) is 0 Å². The molecule has 154 valence electrons. The number of rotatable bonds is 6. The molecule has 2 aliphatic heterocycles. The molecule has 1 aromatic carbocycles. The number of carbonyl (C=O) groups is 2. The van der Waals surface area contributed by atoms with Crippen molar-refractivity contribution in [3.8, 4) is 5.75 Å². The third kappa shape index (κ3) is 4.99. The van der Waals surface area contributed by atoms with Gasteiger partial charge in [-0.15, -0.1) is 0 Å². The molecule has 2 saturated heterocycles. The smallest absolute Gasteiger partial charge is 0.228 e. The molecule has 0 bridgehead atoms. The van der Waals surface area contributed by atoms with E-state index in [9.17, 15) is 14.0 Å². The lowest BCUT2D eigenvalue weighted by Gasteiger charge is -2.37. The van der Waals surface area contributed by atoms with Crippen LogP contribution in [0.3, 0.4) is 0 Å². The molecule has 28 heavy (non-hydrogen) atoms. The van der Waals surface area contributed by atoms with Crippen LogP contribution in [0.4, 0.5) is 4.39 Å². The van der Waals surface area contributed by atoms with Crippen molar-refractivity contribution in [2.45, 2.75) is 25.3 Å². The van der Waals surface area contributed by atoms with E-state index in [1.54, 1.807) is 31.1 Å². The highest BCUT2D eigenvalue weighted by Gasteiger charge is 2.40. The van der Waals surface area contributed by atoms with E-state index in [-0.39, 0.29) is 48.5 Å². The van der Waals surface area contributed by atoms with Crippen molar-refractivity contribution in [1.82, 2.24) is 20.7 Å². The van der Waals surface area contributed by atoms with Gasteiger partial charge in [-0.3, -0.25) is 20.4 Å². The third-order valence-electron chi connectivity index (χ3n) is 5.48. The first-order chi connectivity index (χ1) is 13.5. The van der Waals surface area contributed by atoms with Crippen LogP contribution in [0.25, 0.3) is 0 Å². The molecular weight excluding hydrogens is 363 g/mol. The Kier molecular flexibility index (Phi) is 6.85. The minimum Gasteiger partial charge on any atom is -0.493 e. The Morgan fingerprint density at radius 2 is 2.18 bits per heavy atom. The average Bonchev–Trinajstić information content (AvgIpc) is 3.17. The van der Waals surface area contributed by atoms with Gasteiger partial charge in [0, 0.05) is 45.8 Å². The number of nitrogens with zero attached hydrogens (tertiary/aromatic N) is 2. The van der Waals surface area contributed by atoms with Crippen molar-refractivity contribution in [3.05, 3.63) is 30.1 Å². The number of halogens is 1. The minimum atomic E-state index is -0.359. The van der Waals surface area contributed by atoms with Crippen LogP contribution in [0.2, 0.25) is 0 Å². The largest absolute Gasteiger partial charge is 0.493 e. The summed E-state index contributed by atoms with van der Waals surface area (Å²) in [6, 6.07) is 5.93. The van der Waals surface area contributed by atoms with E-state index in [4.69, 9.17) is 4.74 Å². The molecule has 2 amide bonds. The number of hydrogen-bond acceptors (Lipinski definition) is 5. The first-order valence-corrected chi connectivity index (χ1v) is 9.81. The monoisotopic (exact) mass is 392 g/mol. The lowest BCUT2D eigenvalue weighted by molar-refractivity contribution is -0.134. The zero-order valence-electron chi connectivity index (χ0n) is 16.5. The van der Waals surface area contributed by atoms with Gasteiger partial charge in [0.05, 0.1) is 18.9 Å². The van der Waals surface area contributed by atoms with Crippen molar-refractivity contribution in [2.24, 2.45) is 11.8 Å². The summed E-state index contributed by atoms with van der Waals surface area (Å²) >= 11 is 0. The fourth-order valence-electron chi connectivity index (χ4n) is 4.03. The van der Waals surface area contributed by atoms with Crippen LogP contribution in [0.1, 0.15) is 19.3 Å². The Hall–Kier alpha value is -2.19. The number of piperidine rings is 1. The Morgan fingerprint density at radius 1 is 1.36 bits per heavy atom. The molecule has 8 heteroatoms. The van der Waals surface area contributed by atoms with Crippen molar-refractivity contribution in [3.63, 3.8) is 0 Å². The van der Waals surface area contributed by atoms with Crippen molar-refractivity contribution in [2.75, 3.05) is 40.3 Å². The van der Waals surface area contributed by atoms with Crippen molar-refractivity contribution in [1.29, 1.82) is 0 Å². The van der Waals surface area contributed by atoms with Gasteiger partial charge in [-0.2, -0.15) is 0 Å². The molecular formula is C20H29FN4O3. The fourth-order valence-corrected chi connectivity index (χ4v) is 4.03. The van der Waals surface area contributed by atoms with E-state index in [2.05, 4.69) is 10.9 Å². The van der Waals surface area contributed by atoms with Gasteiger partial charge in [0.25, 0.3) is 0 Å². The second kappa shape index (κ2) is 9.34. The molecule has 1 aromatic rings. The van der Waals surface area contributed by atoms with E-state index >= 15 is 0 Å². The molecule has 0 spiro atoms. The summed E-state index contributed by atoms with van der Waals surface area (Å²) in [4.78, 5) is 28.5. The molecule has 2 fully saturated rings. The highest BCUT2D eigenvalue weighted by Crippen LogP contribution is 2.27. The fraction of sp³-hybridized carbons (Fsp3) is 0.600. The summed E-state index contributed by atoms with van der Waals surface area (Å²) in [6.45, 7) is 2.18. The Balaban J connectivity index is 1.51. The molecule has 0 aliphatic carbocycles. The Bertz CT molecular complexity index is 700. The van der Waals surface area contributed by atoms with Gasteiger partial charge in [-0.1, -0.05) is 6.07 Å². The van der Waals surface area contributed by atoms with Crippen LogP contribution < -0.4 is 15.6 Å². The molecule has 2 N–H and O–H groups in total. The SMILES string of the molecule is CN(C)C(=O)C1CNNC1C1CCCN(C(=O)CCOc2cccc(F)c2)C1. The summed E-state index contributed by atoms with van der Waals surface area (Å²) in [5, 5.41) is 0. The predicted octanol–water partition coefficient (Wildman–Crippen LogP) is 1.01. The van der Waals surface area contributed by atoms with Crippen molar-refractivity contribution >= 4 is 11.8 Å². The van der Waals surface area contributed by atoms with Gasteiger partial charge in [-0.25, -0.2) is 4.39 Å². The molecule has 3 unspecified atom stereocenters. The van der Waals surface area contributed by atoms with Gasteiger partial charge < -0.3 is 14.5 Å². The van der Waals surface area contributed by atoms with Gasteiger partial charge >= 0.3 is 0 Å². The van der Waals surface area contributed by atoms with E-state index in [1.807, 2.05) is 4.90 Å². The number of hydrazine groups is 1. The third-order valence-corrected chi connectivity index (χ3v) is 5.48. The molecule has 0 saturated carbocycles. The maximum Gasteiger partial charge on any atom is 0.228 e. The average molecular weight is 392 g/mol. The van der Waals surface area contributed by atoms with Crippen LogP contribution >= 0.6 is 0 Å². The first-order valence-electron chi connectivity index (χ1n) is 9.81. The molecule has 0 radical (unpaired) electrons. The van der Waals surface area contributed by atoms with Crippen LogP contribution in [0, 0.1) is 17.7 Å². The zero-order chi connectivity index (χ0) is 20.1. The second-order valence-corrected chi connectivity index (χ2v) is 7.69. The van der Waals surface area contributed by atoms with Crippen LogP contribution in [0.5, 0.6) is 5.75 Å². The normalized spacial score (nSPS) is 24.8. The summed E-state index contributed by atoms with van der Waals surface area (Å²) in [6.07, 6.45) is 2.15. The van der Waals surface area contributed by atoms with Crippen LogP contribution in [-0.2, 0) is 9.59 Å². The quantitative estimate of drug-likeness (QED) is 0.756. The van der Waals surface area contributed by atoms with Gasteiger partial charge in [-0.05, 0) is 30.9 Å². The van der Waals surface area contributed by atoms with Crippen molar-refractivity contribution < 1.29 is 18.7 Å². The second-order valence-electron chi connectivity index (χ2n) is 7.69. The van der Waals surface area contributed by atoms with Crippen LogP contribution in [0.15, 0.2) is 24.3 Å². The number of hydrogen-bond donors (Lipinski definition) is 2. The molecule has 2 heterocycles. The summed E-state index contributed by atoms with van der Waals surface area (Å²) < 4.78 is 18.7. The molecule has 3 rings (SSSR count). The molecule has 7 nitrogen and oxygen atoms in total. The summed E-state index contributed by atoms with van der Waals surface area (Å²) in [5.41, 5.74) is 6.35. The van der Waals surface area contributed by atoms with E-state index in [0.29, 0.717) is 18.8 Å². The number of benzene rings is 1. The molecule has 0 aromatic heterocycles. The minimum absolute atomic E-state index is 0.0223. The Labute approximate surface area is 165 Å². The van der Waals surface area contributed by atoms with E-state index < -0.39 is 0 Å². The molecule has 3 atom stereocenters. The number of nitrogens with one attached hydrogen (secondary N) is 2.